The zero-order valence-corrected chi connectivity index (χ0v) is 21.2. The van der Waals surface area contributed by atoms with Gasteiger partial charge in [-0.05, 0) is 25.5 Å². The normalized spacial score (nSPS) is 17.7. The zero-order valence-electron chi connectivity index (χ0n) is 20.4. The van der Waals surface area contributed by atoms with E-state index in [4.69, 9.17) is 14.7 Å². The van der Waals surface area contributed by atoms with Gasteiger partial charge < -0.3 is 30.3 Å². The molecule has 0 spiro atoms. The van der Waals surface area contributed by atoms with Crippen molar-refractivity contribution in [2.75, 3.05) is 57.2 Å². The minimum atomic E-state index is -0.942. The Labute approximate surface area is 214 Å². The summed E-state index contributed by atoms with van der Waals surface area (Å²) in [6, 6.07) is 8.96. The second kappa shape index (κ2) is 15.6. The number of aromatic nitrogens is 1. The molecule has 2 rings (SSSR count). The van der Waals surface area contributed by atoms with Crippen LogP contribution in [0.15, 0.2) is 18.2 Å². The molecule has 3 N–H and O–H groups in total. The van der Waals surface area contributed by atoms with Gasteiger partial charge in [0.2, 0.25) is 11.8 Å². The summed E-state index contributed by atoms with van der Waals surface area (Å²) in [6.45, 7) is 3.24. The standard InChI is InChI=1S/C23H31N7O5S/c1-3-30-21(13-16(14-25)22(32)27-10-8-24)36-17(23(30)33)7-9-26-18-5-4-6-19(28-18)29-20(31)15-35-12-11-34-2/h4-6,16-17,21H,3,7,9-13,15H2,1-2H3,(H,27,32)(H2,26,28,29,31). The van der Waals surface area contributed by atoms with Crippen molar-refractivity contribution in [3.63, 3.8) is 0 Å². The summed E-state index contributed by atoms with van der Waals surface area (Å²) in [6.07, 6.45) is 0.709. The number of nitrogens with one attached hydrogen (secondary N) is 3. The lowest BCUT2D eigenvalue weighted by Gasteiger charge is -2.23. The summed E-state index contributed by atoms with van der Waals surface area (Å²) < 4.78 is 10.0. The van der Waals surface area contributed by atoms with Crippen LogP contribution in [0.3, 0.4) is 0 Å². The van der Waals surface area contributed by atoms with Crippen LogP contribution in [0.1, 0.15) is 19.8 Å². The summed E-state index contributed by atoms with van der Waals surface area (Å²) in [5.41, 5.74) is 0. The first kappa shape index (κ1) is 28.8. The number of carbonyl (C=O) groups excluding carboxylic acids is 3. The molecule has 0 aliphatic carbocycles. The molecule has 12 nitrogen and oxygen atoms in total. The number of rotatable bonds is 15. The quantitative estimate of drug-likeness (QED) is 0.225. The topological polar surface area (TPSA) is 169 Å². The first-order valence-corrected chi connectivity index (χ1v) is 12.4. The fourth-order valence-electron chi connectivity index (χ4n) is 3.47. The molecule has 36 heavy (non-hydrogen) atoms. The Morgan fingerprint density at radius 3 is 2.75 bits per heavy atom. The highest BCUT2D eigenvalue weighted by Gasteiger charge is 2.40. The van der Waals surface area contributed by atoms with E-state index in [1.54, 1.807) is 30.2 Å². The number of pyridine rings is 1. The molecule has 3 unspecified atom stereocenters. The number of amides is 3. The van der Waals surface area contributed by atoms with Crippen molar-refractivity contribution in [2.24, 2.45) is 5.92 Å². The van der Waals surface area contributed by atoms with Crippen LogP contribution in [0.4, 0.5) is 11.6 Å². The molecule has 1 fully saturated rings. The summed E-state index contributed by atoms with van der Waals surface area (Å²) in [5.74, 6) is -0.889. The van der Waals surface area contributed by atoms with Crippen LogP contribution >= 0.6 is 11.8 Å². The van der Waals surface area contributed by atoms with Crippen molar-refractivity contribution in [3.05, 3.63) is 18.2 Å². The molecule has 1 aliphatic heterocycles. The average Bonchev–Trinajstić information content (AvgIpc) is 3.17. The summed E-state index contributed by atoms with van der Waals surface area (Å²) in [5, 5.41) is 25.6. The first-order chi connectivity index (χ1) is 17.4. The third-order valence-electron chi connectivity index (χ3n) is 5.21. The third-order valence-corrected chi connectivity index (χ3v) is 6.74. The molecule has 1 aliphatic rings. The Bertz CT molecular complexity index is 980. The fraction of sp³-hybridized carbons (Fsp3) is 0.565. The van der Waals surface area contributed by atoms with Crippen molar-refractivity contribution >= 4 is 41.1 Å². The monoisotopic (exact) mass is 517 g/mol. The van der Waals surface area contributed by atoms with Gasteiger partial charge in [0.05, 0.1) is 36.0 Å². The van der Waals surface area contributed by atoms with Gasteiger partial charge in [0, 0.05) is 26.6 Å². The molecular formula is C23H31N7O5S. The lowest BCUT2D eigenvalue weighted by Crippen LogP contribution is -2.38. The Morgan fingerprint density at radius 2 is 2.06 bits per heavy atom. The fourth-order valence-corrected chi connectivity index (χ4v) is 5.06. The maximum absolute atomic E-state index is 12.9. The number of hydrogen-bond donors (Lipinski definition) is 3. The van der Waals surface area contributed by atoms with E-state index in [0.29, 0.717) is 44.4 Å². The number of nitriles is 2. The number of carbonyl (C=O) groups is 3. The maximum atomic E-state index is 12.9. The van der Waals surface area contributed by atoms with Crippen LogP contribution in [0.5, 0.6) is 0 Å². The highest BCUT2D eigenvalue weighted by molar-refractivity contribution is 8.01. The minimum absolute atomic E-state index is 0.0362. The Morgan fingerprint density at radius 1 is 1.28 bits per heavy atom. The molecule has 2 heterocycles. The number of ether oxygens (including phenoxy) is 2. The summed E-state index contributed by atoms with van der Waals surface area (Å²) in [4.78, 5) is 43.0. The van der Waals surface area contributed by atoms with Gasteiger partial charge in [0.1, 0.15) is 30.7 Å². The first-order valence-electron chi connectivity index (χ1n) is 11.5. The van der Waals surface area contributed by atoms with E-state index in [-0.39, 0.29) is 42.0 Å². The Hall–Kier alpha value is -3.39. The average molecular weight is 518 g/mol. The van der Waals surface area contributed by atoms with E-state index in [2.05, 4.69) is 20.9 Å². The van der Waals surface area contributed by atoms with E-state index in [0.717, 1.165) is 0 Å². The van der Waals surface area contributed by atoms with Gasteiger partial charge in [-0.3, -0.25) is 14.4 Å². The molecule has 1 aromatic heterocycles. The van der Waals surface area contributed by atoms with Gasteiger partial charge >= 0.3 is 0 Å². The van der Waals surface area contributed by atoms with Crippen LogP contribution in [-0.2, 0) is 23.9 Å². The van der Waals surface area contributed by atoms with E-state index >= 15 is 0 Å². The smallest absolute Gasteiger partial charge is 0.251 e. The van der Waals surface area contributed by atoms with Crippen molar-refractivity contribution in [1.29, 1.82) is 10.5 Å². The van der Waals surface area contributed by atoms with Crippen LogP contribution in [-0.4, -0.2) is 84.8 Å². The van der Waals surface area contributed by atoms with E-state index < -0.39 is 11.8 Å². The lowest BCUT2D eigenvalue weighted by molar-refractivity contribution is -0.131. The molecule has 13 heteroatoms. The van der Waals surface area contributed by atoms with E-state index in [1.165, 1.54) is 11.8 Å². The van der Waals surface area contributed by atoms with Gasteiger partial charge in [0.25, 0.3) is 5.91 Å². The third kappa shape index (κ3) is 9.00. The summed E-state index contributed by atoms with van der Waals surface area (Å²) in [7, 11) is 1.55. The van der Waals surface area contributed by atoms with Gasteiger partial charge in [-0.25, -0.2) is 4.98 Å². The molecule has 0 saturated carbocycles. The highest BCUT2D eigenvalue weighted by Crippen LogP contribution is 2.36. The van der Waals surface area contributed by atoms with E-state index in [1.807, 2.05) is 19.1 Å². The predicted molar refractivity (Wildman–Crippen MR) is 134 cm³/mol. The minimum Gasteiger partial charge on any atom is -0.382 e. The number of hydrogen-bond acceptors (Lipinski definition) is 10. The van der Waals surface area contributed by atoms with Crippen molar-refractivity contribution in [2.45, 2.75) is 30.4 Å². The lowest BCUT2D eigenvalue weighted by atomic mass is 10.1. The van der Waals surface area contributed by atoms with Crippen LogP contribution in [0.2, 0.25) is 0 Å². The van der Waals surface area contributed by atoms with E-state index in [9.17, 15) is 19.6 Å². The highest BCUT2D eigenvalue weighted by atomic mass is 32.2. The van der Waals surface area contributed by atoms with Gasteiger partial charge in [-0.2, -0.15) is 10.5 Å². The number of thioether (sulfide) groups is 1. The molecule has 1 aromatic rings. The molecular weight excluding hydrogens is 486 g/mol. The van der Waals surface area contributed by atoms with Crippen LogP contribution in [0.25, 0.3) is 0 Å². The van der Waals surface area contributed by atoms with Gasteiger partial charge in [0.15, 0.2) is 0 Å². The second-order valence-electron chi connectivity index (χ2n) is 7.71. The molecule has 194 valence electrons. The van der Waals surface area contributed by atoms with Crippen LogP contribution in [0, 0.1) is 28.6 Å². The van der Waals surface area contributed by atoms with Gasteiger partial charge in [-0.1, -0.05) is 6.07 Å². The SMILES string of the molecule is CCN1C(=O)C(CCNc2cccc(NC(=O)COCCOC)n2)SC1CC(C#N)C(=O)NCC#N. The second-order valence-corrected chi connectivity index (χ2v) is 9.10. The van der Waals surface area contributed by atoms with Crippen LogP contribution < -0.4 is 16.0 Å². The maximum Gasteiger partial charge on any atom is 0.251 e. The molecule has 3 amide bonds. The Kier molecular flexibility index (Phi) is 12.5. The zero-order chi connectivity index (χ0) is 26.3. The molecule has 3 atom stereocenters. The number of nitrogens with zero attached hydrogens (tertiary/aromatic N) is 4. The summed E-state index contributed by atoms with van der Waals surface area (Å²) >= 11 is 1.43. The van der Waals surface area contributed by atoms with Crippen molar-refractivity contribution in [1.82, 2.24) is 15.2 Å². The largest absolute Gasteiger partial charge is 0.382 e. The molecule has 0 aromatic carbocycles. The number of anilines is 2. The van der Waals surface area contributed by atoms with Gasteiger partial charge in [-0.15, -0.1) is 11.8 Å². The molecule has 0 radical (unpaired) electrons. The van der Waals surface area contributed by atoms with Crippen molar-refractivity contribution in [3.8, 4) is 12.1 Å². The molecule has 0 bridgehead atoms. The molecule has 1 saturated heterocycles. The number of methoxy groups -OCH3 is 1. The Balaban J connectivity index is 1.85. The van der Waals surface area contributed by atoms with Crippen molar-refractivity contribution < 1.29 is 23.9 Å². The predicted octanol–water partition coefficient (Wildman–Crippen LogP) is 0.945.